The number of halogens is 2. The summed E-state index contributed by atoms with van der Waals surface area (Å²) < 4.78 is 34.5. The summed E-state index contributed by atoms with van der Waals surface area (Å²) in [5, 5.41) is 12.3. The van der Waals surface area contributed by atoms with Gasteiger partial charge in [0.2, 0.25) is 0 Å². The van der Waals surface area contributed by atoms with Crippen LogP contribution in [0, 0.1) is 25.5 Å². The highest BCUT2D eigenvalue weighted by molar-refractivity contribution is 5.91. The van der Waals surface area contributed by atoms with E-state index in [4.69, 9.17) is 14.7 Å². The van der Waals surface area contributed by atoms with Gasteiger partial charge < -0.3 is 10.1 Å². The van der Waals surface area contributed by atoms with Crippen LogP contribution in [-0.4, -0.2) is 58.7 Å². The van der Waals surface area contributed by atoms with E-state index in [9.17, 15) is 13.6 Å². The number of anilines is 1. The maximum Gasteiger partial charge on any atom is 0.320 e. The minimum atomic E-state index is -0.986. The Hall–Kier alpha value is -4.19. The second kappa shape index (κ2) is 11.9. The van der Waals surface area contributed by atoms with Crippen LogP contribution in [0.15, 0.2) is 66.9 Å². The molecule has 1 fully saturated rings. The van der Waals surface area contributed by atoms with Crippen molar-refractivity contribution in [3.05, 3.63) is 95.3 Å². The summed E-state index contributed by atoms with van der Waals surface area (Å²) in [5.41, 5.74) is 4.31. The van der Waals surface area contributed by atoms with Crippen molar-refractivity contribution in [1.29, 1.82) is 0 Å². The van der Waals surface area contributed by atoms with E-state index < -0.39 is 29.8 Å². The van der Waals surface area contributed by atoms with Crippen molar-refractivity contribution in [2.24, 2.45) is 0 Å². The van der Waals surface area contributed by atoms with Gasteiger partial charge in [-0.2, -0.15) is 10.2 Å². The highest BCUT2D eigenvalue weighted by atomic mass is 19.2. The molecule has 0 unspecified atom stereocenters. The summed E-state index contributed by atoms with van der Waals surface area (Å²) in [7, 11) is 1.57. The molecular weight excluding hydrogens is 518 g/mol. The van der Waals surface area contributed by atoms with E-state index in [0.717, 1.165) is 34.6 Å². The Morgan fingerprint density at radius 3 is 2.60 bits per heavy atom. The monoisotopic (exact) mass is 548 g/mol. The van der Waals surface area contributed by atoms with E-state index in [1.54, 1.807) is 23.1 Å². The molecule has 2 N–H and O–H groups in total. The van der Waals surface area contributed by atoms with Gasteiger partial charge in [0.15, 0.2) is 11.6 Å². The first kappa shape index (κ1) is 27.4. The van der Waals surface area contributed by atoms with Crippen LogP contribution < -0.4 is 10.6 Å². The molecule has 2 aromatic carbocycles. The number of aryl methyl sites for hydroxylation is 1. The number of hydrogen-bond acceptors (Lipinski definition) is 6. The van der Waals surface area contributed by atoms with E-state index in [1.807, 2.05) is 56.3 Å². The van der Waals surface area contributed by atoms with Crippen LogP contribution in [0.1, 0.15) is 22.9 Å². The molecule has 2 atom stereocenters. The highest BCUT2D eigenvalue weighted by Crippen LogP contribution is 2.32. The van der Waals surface area contributed by atoms with Crippen molar-refractivity contribution in [1.82, 2.24) is 25.1 Å². The summed E-state index contributed by atoms with van der Waals surface area (Å²) in [6, 6.07) is 15.8. The molecule has 0 saturated carbocycles. The summed E-state index contributed by atoms with van der Waals surface area (Å²) >= 11 is 0. The number of hydrogen-bond donors (Lipinski definition) is 2. The molecule has 40 heavy (non-hydrogen) atoms. The van der Waals surface area contributed by atoms with Gasteiger partial charge in [0.05, 0.1) is 24.0 Å². The molecule has 2 amide bonds. The predicted octanol–water partition coefficient (Wildman–Crippen LogP) is 4.95. The Bertz CT molecular complexity index is 1480. The van der Waals surface area contributed by atoms with Crippen molar-refractivity contribution >= 4 is 11.8 Å². The van der Waals surface area contributed by atoms with Crippen LogP contribution in [0.3, 0.4) is 0 Å². The van der Waals surface area contributed by atoms with Crippen molar-refractivity contribution in [3.8, 4) is 16.9 Å². The number of methoxy groups -OCH3 is 1. The molecule has 208 valence electrons. The molecule has 3 heterocycles. The molecule has 9 nitrogen and oxygen atoms in total. The first-order valence-corrected chi connectivity index (χ1v) is 12.8. The zero-order valence-corrected chi connectivity index (χ0v) is 22.4. The smallest absolute Gasteiger partial charge is 0.320 e. The lowest BCUT2D eigenvalue weighted by atomic mass is 10.0. The minimum absolute atomic E-state index is 0.317. The number of rotatable bonds is 8. The maximum absolute atomic E-state index is 14.0. The second-order valence-electron chi connectivity index (χ2n) is 9.54. The fourth-order valence-corrected chi connectivity index (χ4v) is 4.63. The van der Waals surface area contributed by atoms with Gasteiger partial charge in [-0.25, -0.2) is 18.3 Å². The lowest BCUT2D eigenvalue weighted by molar-refractivity contribution is -0.154. The number of aromatic nitrogens is 3. The number of pyridine rings is 1. The van der Waals surface area contributed by atoms with Gasteiger partial charge in [0.1, 0.15) is 11.9 Å². The minimum Gasteiger partial charge on any atom is -0.383 e. The topological polar surface area (TPSA) is 93.5 Å². The van der Waals surface area contributed by atoms with Gasteiger partial charge in [0, 0.05) is 43.2 Å². The molecule has 0 spiro atoms. The first-order chi connectivity index (χ1) is 19.3. The number of amides is 2. The molecular formula is C29H30F2N6O3. The Labute approximate surface area is 230 Å². The van der Waals surface area contributed by atoms with Gasteiger partial charge in [-0.05, 0) is 55.8 Å². The summed E-state index contributed by atoms with van der Waals surface area (Å²) in [6.45, 7) is 4.94. The number of carbonyl (C=O) groups is 1. The molecule has 1 aliphatic heterocycles. The molecule has 0 bridgehead atoms. The molecule has 2 aromatic heterocycles. The zero-order chi connectivity index (χ0) is 28.2. The van der Waals surface area contributed by atoms with Crippen LogP contribution in [0.2, 0.25) is 0 Å². The van der Waals surface area contributed by atoms with E-state index in [-0.39, 0.29) is 0 Å². The van der Waals surface area contributed by atoms with Crippen molar-refractivity contribution in [2.45, 2.75) is 26.0 Å². The molecule has 1 aliphatic rings. The molecule has 0 aliphatic carbocycles. The van der Waals surface area contributed by atoms with Crippen molar-refractivity contribution in [3.63, 3.8) is 0 Å². The maximum atomic E-state index is 14.0. The molecule has 0 radical (unpaired) electrons. The van der Waals surface area contributed by atoms with Gasteiger partial charge in [-0.1, -0.05) is 24.3 Å². The third-order valence-corrected chi connectivity index (χ3v) is 6.70. The molecule has 11 heteroatoms. The summed E-state index contributed by atoms with van der Waals surface area (Å²) in [6.07, 6.45) is 1.02. The Morgan fingerprint density at radius 1 is 1.10 bits per heavy atom. The Kier molecular flexibility index (Phi) is 8.15. The zero-order valence-electron chi connectivity index (χ0n) is 22.4. The van der Waals surface area contributed by atoms with Gasteiger partial charge in [-0.3, -0.25) is 15.1 Å². The van der Waals surface area contributed by atoms with Gasteiger partial charge >= 0.3 is 6.03 Å². The number of urea groups is 1. The van der Waals surface area contributed by atoms with Crippen LogP contribution in [0.5, 0.6) is 0 Å². The number of para-hydroxylation sites is 1. The van der Waals surface area contributed by atoms with Crippen molar-refractivity contribution < 1.29 is 23.1 Å². The average molecular weight is 549 g/mol. The van der Waals surface area contributed by atoms with E-state index in [0.29, 0.717) is 36.8 Å². The third kappa shape index (κ3) is 5.86. The van der Waals surface area contributed by atoms with Crippen LogP contribution >= 0.6 is 0 Å². The van der Waals surface area contributed by atoms with E-state index >= 15 is 0 Å². The number of ether oxygens (including phenoxy) is 1. The van der Waals surface area contributed by atoms with Crippen LogP contribution in [0.25, 0.3) is 16.9 Å². The van der Waals surface area contributed by atoms with Crippen molar-refractivity contribution in [2.75, 3.05) is 32.1 Å². The number of nitrogens with zero attached hydrogens (tertiary/aromatic N) is 4. The highest BCUT2D eigenvalue weighted by Gasteiger charge is 2.37. The lowest BCUT2D eigenvalue weighted by Crippen LogP contribution is -2.42. The quantitative estimate of drug-likeness (QED) is 0.324. The third-order valence-electron chi connectivity index (χ3n) is 6.70. The van der Waals surface area contributed by atoms with Gasteiger partial charge in [-0.15, -0.1) is 0 Å². The summed E-state index contributed by atoms with van der Waals surface area (Å²) in [4.78, 5) is 23.8. The second-order valence-corrected chi connectivity index (χ2v) is 9.54. The number of benzene rings is 2. The molecule has 5 rings (SSSR count). The lowest BCUT2D eigenvalue weighted by Gasteiger charge is -2.20. The van der Waals surface area contributed by atoms with Crippen LogP contribution in [0.4, 0.5) is 19.4 Å². The van der Waals surface area contributed by atoms with E-state index in [1.165, 1.54) is 6.07 Å². The largest absolute Gasteiger partial charge is 0.383 e. The number of nitrogens with one attached hydrogen (secondary N) is 2. The molecule has 1 saturated heterocycles. The first-order valence-electron chi connectivity index (χ1n) is 12.8. The molecule has 4 aromatic rings. The SMILES string of the molecule is COCCN1C[C@@H](NC(=O)Nc2c(C)c(-c3ccc(C)nc3)nn2-c2ccccc2)[C@H](c2ccc(F)c(F)c2)O1. The Balaban J connectivity index is 1.42. The standard InChI is InChI=1S/C29H30F2N6O3/c1-18-9-10-21(16-32-18)26-19(2)28(37(35-26)22-7-5-4-6-8-22)34-29(38)33-25-17-36(13-14-39-3)40-27(25)20-11-12-23(30)24(31)15-20/h4-12,15-16,25,27H,13-14,17H2,1-3H3,(H2,33,34,38)/t25-,27+/m1/s1. The predicted molar refractivity (Wildman–Crippen MR) is 146 cm³/mol. The van der Waals surface area contributed by atoms with Crippen LogP contribution in [-0.2, 0) is 9.57 Å². The van der Waals surface area contributed by atoms with Gasteiger partial charge in [0.25, 0.3) is 0 Å². The Morgan fingerprint density at radius 2 is 1.90 bits per heavy atom. The normalized spacial score (nSPS) is 17.2. The van der Waals surface area contributed by atoms with E-state index in [2.05, 4.69) is 15.6 Å². The fraction of sp³-hybridized carbons (Fsp3) is 0.276. The fourth-order valence-electron chi connectivity index (χ4n) is 4.63. The number of hydroxylamine groups is 2. The number of carbonyl (C=O) groups excluding carboxylic acids is 1. The average Bonchev–Trinajstić information content (AvgIpc) is 3.50. The summed E-state index contributed by atoms with van der Waals surface area (Å²) in [5.74, 6) is -1.46.